The summed E-state index contributed by atoms with van der Waals surface area (Å²) in [5.74, 6) is 0. The molecule has 0 aliphatic rings. The van der Waals surface area contributed by atoms with E-state index in [9.17, 15) is 0 Å². The average molecular weight is 452 g/mol. The first-order valence-electron chi connectivity index (χ1n) is 12.0. The second-order valence-electron chi connectivity index (χ2n) is 8.63. The molecule has 0 saturated heterocycles. The predicted molar refractivity (Wildman–Crippen MR) is 154 cm³/mol. The molecule has 0 unspecified atom stereocenters. The normalized spacial score (nSPS) is 11.9. The first-order chi connectivity index (χ1) is 17.2. The number of anilines is 1. The van der Waals surface area contributed by atoms with Crippen molar-refractivity contribution in [3.05, 3.63) is 140 Å². The van der Waals surface area contributed by atoms with E-state index in [4.69, 9.17) is 0 Å². The summed E-state index contributed by atoms with van der Waals surface area (Å²) in [5, 5.41) is 5.09. The lowest BCUT2D eigenvalue weighted by Crippen LogP contribution is -2.14. The molecule has 1 nitrogen and oxygen atoms in total. The molecule has 0 bridgehead atoms. The molecule has 5 aromatic rings. The summed E-state index contributed by atoms with van der Waals surface area (Å²) in [4.78, 5) is 2.16. The Kier molecular flexibility index (Phi) is 6.32. The summed E-state index contributed by atoms with van der Waals surface area (Å²) in [5.41, 5.74) is 7.21. The molecule has 0 spiro atoms. The molecule has 0 radical (unpaired) electrons. The molecular formula is C34H29N. The fourth-order valence-corrected chi connectivity index (χ4v) is 4.87. The van der Waals surface area contributed by atoms with Crippen LogP contribution in [0.25, 0.3) is 43.8 Å². The molecule has 0 aromatic heterocycles. The predicted octanol–water partition coefficient (Wildman–Crippen LogP) is 9.41. The summed E-state index contributed by atoms with van der Waals surface area (Å²) in [7, 11) is 2.07. The van der Waals surface area contributed by atoms with Crippen LogP contribution in [0, 0.1) is 0 Å². The van der Waals surface area contributed by atoms with Gasteiger partial charge in [-0.3, -0.25) is 0 Å². The van der Waals surface area contributed by atoms with Gasteiger partial charge in [0.15, 0.2) is 0 Å². The number of hydrogen-bond acceptors (Lipinski definition) is 1. The van der Waals surface area contributed by atoms with Crippen LogP contribution < -0.4 is 4.90 Å². The van der Waals surface area contributed by atoms with Crippen molar-refractivity contribution in [3.8, 4) is 22.3 Å². The molecule has 0 aliphatic carbocycles. The highest BCUT2D eigenvalue weighted by atomic mass is 15.1. The van der Waals surface area contributed by atoms with E-state index in [2.05, 4.69) is 128 Å². The van der Waals surface area contributed by atoms with Crippen LogP contribution in [-0.4, -0.2) is 7.05 Å². The molecule has 5 aromatic carbocycles. The van der Waals surface area contributed by atoms with Crippen molar-refractivity contribution in [1.82, 2.24) is 0 Å². The summed E-state index contributed by atoms with van der Waals surface area (Å²) in [6.07, 6.45) is 8.02. The van der Waals surface area contributed by atoms with Crippen LogP contribution in [-0.2, 0) is 0 Å². The standard InChI is InChI=1S/C34H29N/c1-4-6-16-27(5-2)35(3)28-23-21-26(22-24-28)34-31-19-12-10-17-29(31)33(25-14-8-7-9-15-25)30-18-11-13-20-32(30)34/h4-24H,2H2,1,3H3/b6-4-,27-16+. The Bertz CT molecular complexity index is 1500. The van der Waals surface area contributed by atoms with Gasteiger partial charge in [-0.1, -0.05) is 110 Å². The molecule has 0 heterocycles. The van der Waals surface area contributed by atoms with Crippen LogP contribution in [0.1, 0.15) is 6.92 Å². The SMILES string of the molecule is C=C/C(=C\C=C/C)N(C)c1ccc(-c2c3ccccc3c(-c3ccccc3)c3ccccc23)cc1. The third-order valence-corrected chi connectivity index (χ3v) is 6.59. The third-order valence-electron chi connectivity index (χ3n) is 6.59. The van der Waals surface area contributed by atoms with E-state index in [0.717, 1.165) is 11.4 Å². The van der Waals surface area contributed by atoms with Gasteiger partial charge in [0.05, 0.1) is 0 Å². The van der Waals surface area contributed by atoms with Crippen molar-refractivity contribution >= 4 is 27.2 Å². The zero-order valence-electron chi connectivity index (χ0n) is 20.3. The van der Waals surface area contributed by atoms with Crippen molar-refractivity contribution in [2.75, 3.05) is 11.9 Å². The van der Waals surface area contributed by atoms with Crippen molar-refractivity contribution in [2.24, 2.45) is 0 Å². The van der Waals surface area contributed by atoms with Gasteiger partial charge in [-0.15, -0.1) is 0 Å². The zero-order valence-corrected chi connectivity index (χ0v) is 20.3. The molecule has 5 rings (SSSR count). The van der Waals surface area contributed by atoms with Crippen molar-refractivity contribution in [2.45, 2.75) is 6.92 Å². The smallest absolute Gasteiger partial charge is 0.0408 e. The number of benzene rings is 5. The Morgan fingerprint density at radius 3 is 1.54 bits per heavy atom. The minimum absolute atomic E-state index is 1.05. The average Bonchev–Trinajstić information content (AvgIpc) is 2.92. The van der Waals surface area contributed by atoms with Crippen LogP contribution in [0.2, 0.25) is 0 Å². The van der Waals surface area contributed by atoms with E-state index >= 15 is 0 Å². The van der Waals surface area contributed by atoms with Crippen LogP contribution >= 0.6 is 0 Å². The van der Waals surface area contributed by atoms with E-state index in [-0.39, 0.29) is 0 Å². The Balaban J connectivity index is 1.72. The Hall–Kier alpha value is -4.36. The topological polar surface area (TPSA) is 3.24 Å². The Labute approximate surface area is 208 Å². The quantitative estimate of drug-likeness (QED) is 0.184. The van der Waals surface area contributed by atoms with E-state index in [1.807, 2.05) is 25.2 Å². The first-order valence-corrected chi connectivity index (χ1v) is 12.0. The highest BCUT2D eigenvalue weighted by Gasteiger charge is 2.16. The van der Waals surface area contributed by atoms with Crippen LogP contribution in [0.4, 0.5) is 5.69 Å². The molecular weight excluding hydrogens is 422 g/mol. The summed E-state index contributed by atoms with van der Waals surface area (Å²) in [6, 6.07) is 37.1. The van der Waals surface area contributed by atoms with Crippen LogP contribution in [0.15, 0.2) is 140 Å². The second-order valence-corrected chi connectivity index (χ2v) is 8.63. The van der Waals surface area contributed by atoms with Gasteiger partial charge in [-0.2, -0.15) is 0 Å². The van der Waals surface area contributed by atoms with Gasteiger partial charge in [-0.25, -0.2) is 0 Å². The lowest BCUT2D eigenvalue weighted by molar-refractivity contribution is 1.14. The fraction of sp³-hybridized carbons (Fsp3) is 0.0588. The van der Waals surface area contributed by atoms with Gasteiger partial charge < -0.3 is 4.90 Å². The van der Waals surface area contributed by atoms with E-state index in [0.29, 0.717) is 0 Å². The number of allylic oxidation sites excluding steroid dienone is 4. The molecule has 0 fully saturated rings. The number of likely N-dealkylation sites (N-methyl/N-ethyl adjacent to an activating group) is 1. The molecule has 170 valence electrons. The molecule has 0 saturated carbocycles. The van der Waals surface area contributed by atoms with Crippen LogP contribution in [0.5, 0.6) is 0 Å². The first kappa shape index (κ1) is 22.4. The van der Waals surface area contributed by atoms with E-state index < -0.39 is 0 Å². The fourth-order valence-electron chi connectivity index (χ4n) is 4.87. The van der Waals surface area contributed by atoms with Gasteiger partial charge >= 0.3 is 0 Å². The van der Waals surface area contributed by atoms with Gasteiger partial charge in [0.25, 0.3) is 0 Å². The summed E-state index contributed by atoms with van der Waals surface area (Å²) >= 11 is 0. The summed E-state index contributed by atoms with van der Waals surface area (Å²) < 4.78 is 0. The van der Waals surface area contributed by atoms with Gasteiger partial charge in [0.1, 0.15) is 0 Å². The Morgan fingerprint density at radius 1 is 0.629 bits per heavy atom. The largest absolute Gasteiger partial charge is 0.345 e. The molecule has 0 aliphatic heterocycles. The third kappa shape index (κ3) is 4.18. The summed E-state index contributed by atoms with van der Waals surface area (Å²) in [6.45, 7) is 6.00. The van der Waals surface area contributed by atoms with Crippen molar-refractivity contribution < 1.29 is 0 Å². The number of hydrogen-bond donors (Lipinski definition) is 0. The van der Waals surface area contributed by atoms with Crippen LogP contribution in [0.3, 0.4) is 0 Å². The van der Waals surface area contributed by atoms with Gasteiger partial charge in [0.2, 0.25) is 0 Å². The van der Waals surface area contributed by atoms with Gasteiger partial charge in [-0.05, 0) is 75.0 Å². The second kappa shape index (κ2) is 9.87. The lowest BCUT2D eigenvalue weighted by atomic mass is 9.86. The maximum atomic E-state index is 3.98. The highest BCUT2D eigenvalue weighted by molar-refractivity contribution is 6.21. The number of rotatable bonds is 6. The zero-order chi connectivity index (χ0) is 24.2. The molecule has 0 amide bonds. The molecule has 0 atom stereocenters. The molecule has 0 N–H and O–H groups in total. The van der Waals surface area contributed by atoms with E-state index in [1.165, 1.54) is 43.8 Å². The maximum absolute atomic E-state index is 3.98. The minimum Gasteiger partial charge on any atom is -0.345 e. The number of fused-ring (bicyclic) bond motifs is 2. The Morgan fingerprint density at radius 2 is 1.09 bits per heavy atom. The minimum atomic E-state index is 1.05. The van der Waals surface area contributed by atoms with Crippen molar-refractivity contribution in [1.29, 1.82) is 0 Å². The highest BCUT2D eigenvalue weighted by Crippen LogP contribution is 2.43. The monoisotopic (exact) mass is 451 g/mol. The van der Waals surface area contributed by atoms with Crippen molar-refractivity contribution in [3.63, 3.8) is 0 Å². The maximum Gasteiger partial charge on any atom is 0.0408 e. The number of nitrogens with zero attached hydrogens (tertiary/aromatic N) is 1. The molecule has 1 heteroatoms. The lowest BCUT2D eigenvalue weighted by Gasteiger charge is -2.21. The van der Waals surface area contributed by atoms with Gasteiger partial charge in [0, 0.05) is 18.4 Å². The molecule has 35 heavy (non-hydrogen) atoms. The van der Waals surface area contributed by atoms with E-state index in [1.54, 1.807) is 0 Å².